The molecule has 0 saturated heterocycles. The molecule has 1 aromatic rings. The van der Waals surface area contributed by atoms with Crippen molar-refractivity contribution in [2.75, 3.05) is 6.54 Å². The number of aryl methyl sites for hydroxylation is 1. The number of aliphatic carboxylic acids is 1. The minimum atomic E-state index is -1.53. The lowest BCUT2D eigenvalue weighted by molar-refractivity contribution is -0.141. The molecular weight excluding hydrogens is 253 g/mol. The Morgan fingerprint density at radius 3 is 2.58 bits per heavy atom. The number of hydrogen-bond acceptors (Lipinski definition) is 3. The highest BCUT2D eigenvalue weighted by molar-refractivity contribution is 5.94. The predicted octanol–water partition coefficient (Wildman–Crippen LogP) is 1.09. The second kappa shape index (κ2) is 5.79. The van der Waals surface area contributed by atoms with Crippen LogP contribution < -0.4 is 5.32 Å². The largest absolute Gasteiger partial charge is 0.481 e. The molecule has 0 aliphatic heterocycles. The van der Waals surface area contributed by atoms with Gasteiger partial charge >= 0.3 is 5.97 Å². The zero-order chi connectivity index (χ0) is 14.6. The standard InChI is InChI=1S/C13H16FNO4/c1-8-5-9(3-4-10(8)14)12(18)15-7-13(2,19)6-11(16)17/h3-5,19H,6-7H2,1-2H3,(H,15,18)(H,16,17). The summed E-state index contributed by atoms with van der Waals surface area (Å²) in [6.45, 7) is 2.65. The van der Waals surface area contributed by atoms with Gasteiger partial charge in [0, 0.05) is 12.1 Å². The van der Waals surface area contributed by atoms with E-state index in [0.717, 1.165) is 0 Å². The summed E-state index contributed by atoms with van der Waals surface area (Å²) in [6, 6.07) is 3.89. The molecule has 0 bridgehead atoms. The number of aliphatic hydroxyl groups is 1. The number of hydrogen-bond donors (Lipinski definition) is 3. The van der Waals surface area contributed by atoms with Gasteiger partial charge in [0.15, 0.2) is 0 Å². The minimum absolute atomic E-state index is 0.200. The zero-order valence-corrected chi connectivity index (χ0v) is 10.7. The Morgan fingerprint density at radius 2 is 2.05 bits per heavy atom. The smallest absolute Gasteiger partial charge is 0.306 e. The van der Waals surface area contributed by atoms with Gasteiger partial charge in [0.05, 0.1) is 12.0 Å². The lowest BCUT2D eigenvalue weighted by Gasteiger charge is -2.21. The first-order valence-corrected chi connectivity index (χ1v) is 5.70. The maximum Gasteiger partial charge on any atom is 0.306 e. The number of benzene rings is 1. The molecule has 0 aliphatic carbocycles. The summed E-state index contributed by atoms with van der Waals surface area (Å²) >= 11 is 0. The molecule has 0 fully saturated rings. The average Bonchev–Trinajstić information content (AvgIpc) is 2.28. The summed E-state index contributed by atoms with van der Waals surface area (Å²) in [4.78, 5) is 22.2. The van der Waals surface area contributed by atoms with Crippen molar-refractivity contribution in [3.05, 3.63) is 35.1 Å². The lowest BCUT2D eigenvalue weighted by atomic mass is 10.0. The first-order valence-electron chi connectivity index (χ1n) is 5.70. The summed E-state index contributed by atoms with van der Waals surface area (Å²) in [7, 11) is 0. The zero-order valence-electron chi connectivity index (χ0n) is 10.7. The van der Waals surface area contributed by atoms with E-state index in [2.05, 4.69) is 5.32 Å². The normalized spacial score (nSPS) is 13.7. The van der Waals surface area contributed by atoms with Gasteiger partial charge < -0.3 is 15.5 Å². The molecule has 1 aromatic carbocycles. The SMILES string of the molecule is Cc1cc(C(=O)NCC(C)(O)CC(=O)O)ccc1F. The highest BCUT2D eigenvalue weighted by Crippen LogP contribution is 2.11. The van der Waals surface area contributed by atoms with Crippen LogP contribution in [0.5, 0.6) is 0 Å². The minimum Gasteiger partial charge on any atom is -0.481 e. The Balaban J connectivity index is 2.65. The molecule has 0 radical (unpaired) electrons. The van der Waals surface area contributed by atoms with Crippen LogP contribution in [-0.4, -0.2) is 34.2 Å². The summed E-state index contributed by atoms with van der Waals surface area (Å²) in [5, 5.41) is 20.7. The Bertz CT molecular complexity index is 499. The number of carbonyl (C=O) groups is 2. The van der Waals surface area contributed by atoms with Crippen molar-refractivity contribution < 1.29 is 24.2 Å². The van der Waals surface area contributed by atoms with Crippen molar-refractivity contribution in [2.24, 2.45) is 0 Å². The molecule has 5 nitrogen and oxygen atoms in total. The maximum absolute atomic E-state index is 13.0. The van der Waals surface area contributed by atoms with E-state index in [1.807, 2.05) is 0 Å². The van der Waals surface area contributed by atoms with Gasteiger partial charge in [-0.25, -0.2) is 4.39 Å². The van der Waals surface area contributed by atoms with Gasteiger partial charge in [0.2, 0.25) is 0 Å². The van der Waals surface area contributed by atoms with E-state index in [1.165, 1.54) is 32.0 Å². The first-order chi connectivity index (χ1) is 8.71. The van der Waals surface area contributed by atoms with Gasteiger partial charge in [0.1, 0.15) is 5.82 Å². The van der Waals surface area contributed by atoms with Gasteiger partial charge in [-0.1, -0.05) is 0 Å². The quantitative estimate of drug-likeness (QED) is 0.746. The Labute approximate surface area is 110 Å². The molecule has 0 heterocycles. The summed E-state index contributed by atoms with van der Waals surface area (Å²) in [6.07, 6.45) is -0.476. The molecule has 1 atom stereocenters. The van der Waals surface area contributed by atoms with E-state index in [9.17, 15) is 19.1 Å². The molecule has 19 heavy (non-hydrogen) atoms. The summed E-state index contributed by atoms with van der Waals surface area (Å²) in [5.41, 5.74) is -0.939. The number of amides is 1. The van der Waals surface area contributed by atoms with Gasteiger partial charge in [-0.05, 0) is 37.6 Å². The van der Waals surface area contributed by atoms with Crippen molar-refractivity contribution in [2.45, 2.75) is 25.9 Å². The van der Waals surface area contributed by atoms with Crippen LogP contribution in [0.4, 0.5) is 4.39 Å². The van der Waals surface area contributed by atoms with Crippen molar-refractivity contribution >= 4 is 11.9 Å². The van der Waals surface area contributed by atoms with E-state index >= 15 is 0 Å². The van der Waals surface area contributed by atoms with Crippen LogP contribution >= 0.6 is 0 Å². The number of nitrogens with one attached hydrogen (secondary N) is 1. The van der Waals surface area contributed by atoms with Gasteiger partial charge in [-0.3, -0.25) is 9.59 Å². The Morgan fingerprint density at radius 1 is 1.42 bits per heavy atom. The van der Waals surface area contributed by atoms with Gasteiger partial charge in [-0.2, -0.15) is 0 Å². The molecule has 1 rings (SSSR count). The number of rotatable bonds is 5. The van der Waals surface area contributed by atoms with E-state index in [-0.39, 0.29) is 12.1 Å². The highest BCUT2D eigenvalue weighted by Gasteiger charge is 2.25. The molecule has 1 amide bonds. The fraction of sp³-hybridized carbons (Fsp3) is 0.385. The highest BCUT2D eigenvalue weighted by atomic mass is 19.1. The van der Waals surface area contributed by atoms with Crippen molar-refractivity contribution in [1.29, 1.82) is 0 Å². The van der Waals surface area contributed by atoms with Gasteiger partial charge in [0.25, 0.3) is 5.91 Å². The van der Waals surface area contributed by atoms with Crippen molar-refractivity contribution in [1.82, 2.24) is 5.32 Å². The monoisotopic (exact) mass is 269 g/mol. The van der Waals surface area contributed by atoms with Crippen LogP contribution in [0.1, 0.15) is 29.3 Å². The molecule has 104 valence electrons. The van der Waals surface area contributed by atoms with E-state index in [4.69, 9.17) is 5.11 Å². The van der Waals surface area contributed by atoms with E-state index in [1.54, 1.807) is 0 Å². The fourth-order valence-corrected chi connectivity index (χ4v) is 1.55. The third kappa shape index (κ3) is 4.67. The molecule has 1 unspecified atom stereocenters. The molecule has 6 heteroatoms. The molecule has 0 spiro atoms. The summed E-state index contributed by atoms with van der Waals surface area (Å²) < 4.78 is 13.0. The second-order valence-corrected chi connectivity index (χ2v) is 4.71. The molecule has 0 aromatic heterocycles. The van der Waals surface area contributed by atoms with E-state index in [0.29, 0.717) is 5.56 Å². The van der Waals surface area contributed by atoms with Crippen molar-refractivity contribution in [3.8, 4) is 0 Å². The summed E-state index contributed by atoms with van der Waals surface area (Å²) in [5.74, 6) is -2.06. The second-order valence-electron chi connectivity index (χ2n) is 4.71. The third-order valence-electron chi connectivity index (χ3n) is 2.58. The van der Waals surface area contributed by atoms with Gasteiger partial charge in [-0.15, -0.1) is 0 Å². The number of carbonyl (C=O) groups excluding carboxylic acids is 1. The van der Waals surface area contributed by atoms with Crippen LogP contribution in [0.25, 0.3) is 0 Å². The number of carboxylic acids is 1. The Kier molecular flexibility index (Phi) is 4.61. The maximum atomic E-state index is 13.0. The lowest BCUT2D eigenvalue weighted by Crippen LogP contribution is -2.42. The van der Waals surface area contributed by atoms with Crippen LogP contribution in [-0.2, 0) is 4.79 Å². The topological polar surface area (TPSA) is 86.6 Å². The van der Waals surface area contributed by atoms with E-state index < -0.39 is 29.7 Å². The molecular formula is C13H16FNO4. The number of halogens is 1. The fourth-order valence-electron chi connectivity index (χ4n) is 1.55. The molecule has 0 aliphatic rings. The number of carboxylic acid groups (broad SMARTS) is 1. The first kappa shape index (κ1) is 15.1. The third-order valence-corrected chi connectivity index (χ3v) is 2.58. The average molecular weight is 269 g/mol. The Hall–Kier alpha value is -1.95. The molecule has 3 N–H and O–H groups in total. The van der Waals surface area contributed by atoms with Crippen LogP contribution in [0, 0.1) is 12.7 Å². The van der Waals surface area contributed by atoms with Crippen molar-refractivity contribution in [3.63, 3.8) is 0 Å². The van der Waals surface area contributed by atoms with Crippen LogP contribution in [0.2, 0.25) is 0 Å². The van der Waals surface area contributed by atoms with Crippen LogP contribution in [0.3, 0.4) is 0 Å². The predicted molar refractivity (Wildman–Crippen MR) is 66.3 cm³/mol. The molecule has 0 saturated carbocycles. The van der Waals surface area contributed by atoms with Crippen LogP contribution in [0.15, 0.2) is 18.2 Å².